The van der Waals surface area contributed by atoms with Gasteiger partial charge in [-0.1, -0.05) is 22.0 Å². The van der Waals surface area contributed by atoms with Crippen molar-refractivity contribution < 1.29 is 4.79 Å². The predicted molar refractivity (Wildman–Crippen MR) is 117 cm³/mol. The fourth-order valence-electron chi connectivity index (χ4n) is 3.58. The summed E-state index contributed by atoms with van der Waals surface area (Å²) in [6.07, 6.45) is 7.23. The van der Waals surface area contributed by atoms with E-state index in [1.807, 2.05) is 49.5 Å². The lowest BCUT2D eigenvalue weighted by Crippen LogP contribution is -2.30. The first-order chi connectivity index (χ1) is 14.1. The van der Waals surface area contributed by atoms with Gasteiger partial charge < -0.3 is 10.2 Å². The molecule has 7 heteroatoms. The standard InChI is InChI=1S/C22H24BrN5O/c1-16-20(15-26-28(16)19-8-6-18(23)7-9-19)22(29)25-14-17-5-10-21(24-13-17)27-11-3-2-4-12-27/h5-10,13,15H,2-4,11-12,14H2,1H3,(H,25,29). The van der Waals surface area contributed by atoms with Crippen LogP contribution in [0.3, 0.4) is 0 Å². The summed E-state index contributed by atoms with van der Waals surface area (Å²) in [7, 11) is 0. The Bertz CT molecular complexity index is 975. The minimum Gasteiger partial charge on any atom is -0.357 e. The van der Waals surface area contributed by atoms with E-state index in [1.54, 1.807) is 10.9 Å². The van der Waals surface area contributed by atoms with Crippen LogP contribution in [0, 0.1) is 6.92 Å². The first-order valence-electron chi connectivity index (χ1n) is 9.90. The second-order valence-corrected chi connectivity index (χ2v) is 8.20. The highest BCUT2D eigenvalue weighted by molar-refractivity contribution is 9.10. The maximum Gasteiger partial charge on any atom is 0.255 e. The van der Waals surface area contributed by atoms with Crippen LogP contribution in [0.4, 0.5) is 5.82 Å². The van der Waals surface area contributed by atoms with Crippen molar-refractivity contribution in [3.63, 3.8) is 0 Å². The number of halogens is 1. The third-order valence-corrected chi connectivity index (χ3v) is 5.80. The van der Waals surface area contributed by atoms with Gasteiger partial charge in [0.1, 0.15) is 5.82 Å². The number of nitrogens with zero attached hydrogens (tertiary/aromatic N) is 4. The van der Waals surface area contributed by atoms with Crippen LogP contribution in [0.25, 0.3) is 5.69 Å². The average Bonchev–Trinajstić information content (AvgIpc) is 3.15. The molecule has 4 rings (SSSR count). The average molecular weight is 454 g/mol. The normalized spacial score (nSPS) is 14.1. The Morgan fingerprint density at radius 3 is 2.52 bits per heavy atom. The van der Waals surface area contributed by atoms with Gasteiger partial charge in [0.15, 0.2) is 0 Å². The van der Waals surface area contributed by atoms with Gasteiger partial charge in [-0.05, 0) is 62.1 Å². The second kappa shape index (κ2) is 8.78. The number of hydrogen-bond donors (Lipinski definition) is 1. The fourth-order valence-corrected chi connectivity index (χ4v) is 3.85. The number of aromatic nitrogens is 3. The Morgan fingerprint density at radius 1 is 1.07 bits per heavy atom. The quantitative estimate of drug-likeness (QED) is 0.626. The lowest BCUT2D eigenvalue weighted by Gasteiger charge is -2.27. The molecule has 0 unspecified atom stereocenters. The molecule has 6 nitrogen and oxygen atoms in total. The molecule has 1 aromatic carbocycles. The molecule has 0 aliphatic carbocycles. The van der Waals surface area contributed by atoms with Crippen LogP contribution < -0.4 is 10.2 Å². The Balaban J connectivity index is 1.39. The van der Waals surface area contributed by atoms with E-state index in [1.165, 1.54) is 19.3 Å². The number of carbonyl (C=O) groups is 1. The highest BCUT2D eigenvalue weighted by Gasteiger charge is 2.15. The van der Waals surface area contributed by atoms with Gasteiger partial charge >= 0.3 is 0 Å². The molecule has 150 valence electrons. The predicted octanol–water partition coefficient (Wildman–Crippen LogP) is 4.26. The maximum absolute atomic E-state index is 12.7. The zero-order chi connectivity index (χ0) is 20.2. The van der Waals surface area contributed by atoms with Crippen LogP contribution in [-0.2, 0) is 6.54 Å². The minimum atomic E-state index is -0.133. The number of nitrogens with one attached hydrogen (secondary N) is 1. The van der Waals surface area contributed by atoms with Crippen molar-refractivity contribution in [2.24, 2.45) is 0 Å². The molecular weight excluding hydrogens is 430 g/mol. The van der Waals surface area contributed by atoms with E-state index in [2.05, 4.69) is 36.2 Å². The van der Waals surface area contributed by atoms with Crippen molar-refractivity contribution in [1.82, 2.24) is 20.1 Å². The SMILES string of the molecule is Cc1c(C(=O)NCc2ccc(N3CCCCC3)nc2)cnn1-c1ccc(Br)cc1. The van der Waals surface area contributed by atoms with Gasteiger partial charge in [0, 0.05) is 30.3 Å². The van der Waals surface area contributed by atoms with Crippen molar-refractivity contribution in [2.75, 3.05) is 18.0 Å². The highest BCUT2D eigenvalue weighted by Crippen LogP contribution is 2.19. The molecule has 1 fully saturated rings. The number of amides is 1. The van der Waals surface area contributed by atoms with Gasteiger partial charge in [-0.2, -0.15) is 5.10 Å². The minimum absolute atomic E-state index is 0.133. The van der Waals surface area contributed by atoms with Gasteiger partial charge in [0.05, 0.1) is 23.1 Å². The van der Waals surface area contributed by atoms with Crippen molar-refractivity contribution in [2.45, 2.75) is 32.7 Å². The summed E-state index contributed by atoms with van der Waals surface area (Å²) < 4.78 is 2.78. The molecule has 1 N–H and O–H groups in total. The number of pyridine rings is 1. The van der Waals surface area contributed by atoms with Crippen molar-refractivity contribution in [3.8, 4) is 5.69 Å². The van der Waals surface area contributed by atoms with Crippen LogP contribution in [-0.4, -0.2) is 33.8 Å². The van der Waals surface area contributed by atoms with E-state index in [4.69, 9.17) is 0 Å². The number of rotatable bonds is 5. The number of carbonyl (C=O) groups excluding carboxylic acids is 1. The molecule has 1 aliphatic rings. The summed E-state index contributed by atoms with van der Waals surface area (Å²) in [4.78, 5) is 19.6. The number of piperidine rings is 1. The molecule has 0 bridgehead atoms. The summed E-state index contributed by atoms with van der Waals surface area (Å²) in [5.41, 5.74) is 3.29. The molecule has 2 aromatic heterocycles. The second-order valence-electron chi connectivity index (χ2n) is 7.29. The lowest BCUT2D eigenvalue weighted by molar-refractivity contribution is 0.0950. The van der Waals surface area contributed by atoms with Crippen LogP contribution in [0.15, 0.2) is 53.3 Å². The largest absolute Gasteiger partial charge is 0.357 e. The summed E-state index contributed by atoms with van der Waals surface area (Å²) in [6, 6.07) is 11.9. The molecule has 29 heavy (non-hydrogen) atoms. The number of benzene rings is 1. The fraction of sp³-hybridized carbons (Fsp3) is 0.318. The first kappa shape index (κ1) is 19.6. The molecule has 0 radical (unpaired) electrons. The molecule has 0 saturated carbocycles. The molecule has 0 atom stereocenters. The molecule has 0 spiro atoms. The maximum atomic E-state index is 12.7. The van der Waals surface area contributed by atoms with Gasteiger partial charge in [-0.3, -0.25) is 4.79 Å². The highest BCUT2D eigenvalue weighted by atomic mass is 79.9. The van der Waals surface area contributed by atoms with Crippen molar-refractivity contribution in [3.05, 3.63) is 70.1 Å². The van der Waals surface area contributed by atoms with Crippen LogP contribution in [0.1, 0.15) is 40.9 Å². The van der Waals surface area contributed by atoms with E-state index in [9.17, 15) is 4.79 Å². The van der Waals surface area contributed by atoms with Crippen LogP contribution >= 0.6 is 15.9 Å². The Hall–Kier alpha value is -2.67. The first-order valence-corrected chi connectivity index (χ1v) is 10.7. The molecule has 1 aliphatic heterocycles. The smallest absolute Gasteiger partial charge is 0.255 e. The third-order valence-electron chi connectivity index (χ3n) is 5.27. The Morgan fingerprint density at radius 2 is 1.83 bits per heavy atom. The summed E-state index contributed by atoms with van der Waals surface area (Å²) >= 11 is 3.43. The molecule has 3 aromatic rings. The van der Waals surface area contributed by atoms with Gasteiger partial charge in [-0.15, -0.1) is 0 Å². The van der Waals surface area contributed by atoms with E-state index < -0.39 is 0 Å². The van der Waals surface area contributed by atoms with E-state index in [-0.39, 0.29) is 5.91 Å². The van der Waals surface area contributed by atoms with E-state index in [0.29, 0.717) is 12.1 Å². The number of hydrogen-bond acceptors (Lipinski definition) is 4. The van der Waals surface area contributed by atoms with Gasteiger partial charge in [0.25, 0.3) is 5.91 Å². The van der Waals surface area contributed by atoms with Crippen LogP contribution in [0.2, 0.25) is 0 Å². The van der Waals surface area contributed by atoms with E-state index in [0.717, 1.165) is 40.3 Å². The summed E-state index contributed by atoms with van der Waals surface area (Å²) in [5, 5.41) is 7.35. The topological polar surface area (TPSA) is 63.1 Å². The lowest BCUT2D eigenvalue weighted by atomic mass is 10.1. The Labute approximate surface area is 179 Å². The molecule has 1 saturated heterocycles. The summed E-state index contributed by atoms with van der Waals surface area (Å²) in [6.45, 7) is 4.49. The van der Waals surface area contributed by atoms with E-state index >= 15 is 0 Å². The molecule has 3 heterocycles. The van der Waals surface area contributed by atoms with Crippen LogP contribution in [0.5, 0.6) is 0 Å². The van der Waals surface area contributed by atoms with Gasteiger partial charge in [0.2, 0.25) is 0 Å². The zero-order valence-corrected chi connectivity index (χ0v) is 18.0. The third kappa shape index (κ3) is 4.50. The molecular formula is C22H24BrN5O. The Kier molecular flexibility index (Phi) is 5.94. The van der Waals surface area contributed by atoms with Crippen molar-refractivity contribution in [1.29, 1.82) is 0 Å². The van der Waals surface area contributed by atoms with Gasteiger partial charge in [-0.25, -0.2) is 9.67 Å². The molecule has 1 amide bonds. The van der Waals surface area contributed by atoms with Crippen molar-refractivity contribution >= 4 is 27.7 Å². The zero-order valence-electron chi connectivity index (χ0n) is 16.4. The number of anilines is 1. The summed E-state index contributed by atoms with van der Waals surface area (Å²) in [5.74, 6) is 0.886. The monoisotopic (exact) mass is 453 g/mol.